The predicted octanol–water partition coefficient (Wildman–Crippen LogP) is 2.40. The van der Waals surface area contributed by atoms with Crippen LogP contribution in [0.2, 0.25) is 0 Å². The Morgan fingerprint density at radius 2 is 1.73 bits per heavy atom. The molecule has 2 aromatic carbocycles. The number of benzene rings is 2. The van der Waals surface area contributed by atoms with Crippen LogP contribution >= 0.6 is 0 Å². The van der Waals surface area contributed by atoms with E-state index < -0.39 is 0 Å². The Bertz CT molecular complexity index is 714. The first-order chi connectivity index (χ1) is 10.8. The highest BCUT2D eigenvalue weighted by molar-refractivity contribution is 5.58. The van der Waals surface area contributed by atoms with Crippen molar-refractivity contribution in [1.29, 1.82) is 0 Å². The van der Waals surface area contributed by atoms with E-state index in [-0.39, 0.29) is 5.95 Å². The summed E-state index contributed by atoms with van der Waals surface area (Å²) in [7, 11) is 0. The van der Waals surface area contributed by atoms with Crippen LogP contribution in [0.5, 0.6) is 5.75 Å². The number of anilines is 1. The molecule has 0 radical (unpaired) electrons. The third-order valence-electron chi connectivity index (χ3n) is 3.09. The Kier molecular flexibility index (Phi) is 4.22. The smallest absolute Gasteiger partial charge is 0.256 e. The van der Waals surface area contributed by atoms with Crippen molar-refractivity contribution in [1.82, 2.24) is 15.2 Å². The molecule has 0 bridgehead atoms. The van der Waals surface area contributed by atoms with Crippen molar-refractivity contribution < 1.29 is 4.74 Å². The van der Waals surface area contributed by atoms with E-state index in [0.29, 0.717) is 12.3 Å². The molecule has 0 atom stereocenters. The Morgan fingerprint density at radius 1 is 0.955 bits per heavy atom. The third-order valence-corrected chi connectivity index (χ3v) is 3.09. The van der Waals surface area contributed by atoms with E-state index in [0.717, 1.165) is 16.9 Å². The zero-order chi connectivity index (χ0) is 15.2. The normalized spacial score (nSPS) is 10.2. The highest BCUT2D eigenvalue weighted by Gasteiger charge is 2.02. The molecule has 1 aromatic heterocycles. The molecule has 3 rings (SSSR count). The summed E-state index contributed by atoms with van der Waals surface area (Å²) in [6, 6.07) is 17.7. The zero-order valence-corrected chi connectivity index (χ0v) is 11.8. The van der Waals surface area contributed by atoms with E-state index in [9.17, 15) is 0 Å². The molecular formula is C16H15N5O. The van der Waals surface area contributed by atoms with Gasteiger partial charge in [0.15, 0.2) is 0 Å². The SMILES string of the molecule is NNc1ncc(-c2ccc(OCc3ccccc3)cc2)nn1. The lowest BCUT2D eigenvalue weighted by Crippen LogP contribution is -2.11. The quantitative estimate of drug-likeness (QED) is 0.555. The maximum Gasteiger partial charge on any atom is 0.256 e. The molecule has 0 unspecified atom stereocenters. The minimum absolute atomic E-state index is 0.284. The molecule has 0 aliphatic carbocycles. The van der Waals surface area contributed by atoms with Gasteiger partial charge in [-0.05, 0) is 29.8 Å². The molecule has 6 heteroatoms. The minimum atomic E-state index is 0.284. The highest BCUT2D eigenvalue weighted by Crippen LogP contribution is 2.20. The summed E-state index contributed by atoms with van der Waals surface area (Å²) >= 11 is 0. The molecule has 0 aliphatic rings. The molecule has 110 valence electrons. The van der Waals surface area contributed by atoms with Gasteiger partial charge in [0.1, 0.15) is 18.1 Å². The maximum absolute atomic E-state index is 5.74. The maximum atomic E-state index is 5.74. The van der Waals surface area contributed by atoms with Crippen LogP contribution in [-0.2, 0) is 6.61 Å². The second-order valence-corrected chi connectivity index (χ2v) is 4.61. The van der Waals surface area contributed by atoms with Crippen molar-refractivity contribution in [2.75, 3.05) is 5.43 Å². The van der Waals surface area contributed by atoms with Crippen molar-refractivity contribution in [3.63, 3.8) is 0 Å². The third kappa shape index (κ3) is 3.36. The lowest BCUT2D eigenvalue weighted by atomic mass is 10.1. The monoisotopic (exact) mass is 293 g/mol. The van der Waals surface area contributed by atoms with E-state index in [4.69, 9.17) is 10.6 Å². The van der Waals surface area contributed by atoms with Gasteiger partial charge in [0.2, 0.25) is 0 Å². The van der Waals surface area contributed by atoms with Gasteiger partial charge >= 0.3 is 0 Å². The second kappa shape index (κ2) is 6.64. The minimum Gasteiger partial charge on any atom is -0.489 e. The topological polar surface area (TPSA) is 86.0 Å². The fourth-order valence-corrected chi connectivity index (χ4v) is 1.94. The molecule has 0 fully saturated rings. The summed E-state index contributed by atoms with van der Waals surface area (Å²) in [5.41, 5.74) is 5.06. The number of nitrogens with two attached hydrogens (primary N) is 1. The Hall–Kier alpha value is -2.99. The first-order valence-corrected chi connectivity index (χ1v) is 6.78. The standard InChI is InChI=1S/C16H15N5O/c17-19-16-18-10-15(20-21-16)13-6-8-14(9-7-13)22-11-12-4-2-1-3-5-12/h1-10H,11,17H2,(H,18,19,21). The van der Waals surface area contributed by atoms with Crippen molar-refractivity contribution in [3.8, 4) is 17.0 Å². The fraction of sp³-hybridized carbons (Fsp3) is 0.0625. The van der Waals surface area contributed by atoms with Crippen LogP contribution in [0.25, 0.3) is 11.3 Å². The van der Waals surface area contributed by atoms with Crippen LogP contribution in [0.3, 0.4) is 0 Å². The molecule has 3 aromatic rings. The van der Waals surface area contributed by atoms with Crippen molar-refractivity contribution >= 4 is 5.95 Å². The number of ether oxygens (including phenoxy) is 1. The number of hydrogen-bond acceptors (Lipinski definition) is 6. The van der Waals surface area contributed by atoms with E-state index in [1.54, 1.807) is 6.20 Å². The van der Waals surface area contributed by atoms with E-state index in [1.165, 1.54) is 0 Å². The molecule has 3 N–H and O–H groups in total. The molecule has 0 saturated carbocycles. The van der Waals surface area contributed by atoms with Crippen LogP contribution < -0.4 is 16.0 Å². The average Bonchev–Trinajstić information content (AvgIpc) is 2.61. The van der Waals surface area contributed by atoms with Gasteiger partial charge in [-0.3, -0.25) is 5.43 Å². The molecule has 0 aliphatic heterocycles. The molecule has 0 spiro atoms. The van der Waals surface area contributed by atoms with Gasteiger partial charge in [0.05, 0.1) is 6.20 Å². The van der Waals surface area contributed by atoms with Crippen LogP contribution in [0.1, 0.15) is 5.56 Å². The number of rotatable bonds is 5. The van der Waals surface area contributed by atoms with Gasteiger partial charge in [0, 0.05) is 5.56 Å². The lowest BCUT2D eigenvalue weighted by Gasteiger charge is -2.07. The van der Waals surface area contributed by atoms with Gasteiger partial charge in [-0.15, -0.1) is 10.2 Å². The number of aromatic nitrogens is 3. The number of hydrogen-bond donors (Lipinski definition) is 2. The lowest BCUT2D eigenvalue weighted by molar-refractivity contribution is 0.306. The van der Waals surface area contributed by atoms with Gasteiger partial charge in [-0.2, -0.15) is 0 Å². The van der Waals surface area contributed by atoms with Crippen LogP contribution in [0.4, 0.5) is 5.95 Å². The zero-order valence-electron chi connectivity index (χ0n) is 11.8. The van der Waals surface area contributed by atoms with Crippen LogP contribution in [-0.4, -0.2) is 15.2 Å². The number of hydrazine groups is 1. The van der Waals surface area contributed by atoms with E-state index in [2.05, 4.69) is 20.6 Å². The van der Waals surface area contributed by atoms with Crippen molar-refractivity contribution in [3.05, 3.63) is 66.4 Å². The fourth-order valence-electron chi connectivity index (χ4n) is 1.94. The number of nitrogens with zero attached hydrogens (tertiary/aromatic N) is 3. The first-order valence-electron chi connectivity index (χ1n) is 6.78. The second-order valence-electron chi connectivity index (χ2n) is 4.61. The van der Waals surface area contributed by atoms with Crippen molar-refractivity contribution in [2.24, 2.45) is 5.84 Å². The Balaban J connectivity index is 1.67. The Labute approximate surface area is 128 Å². The summed E-state index contributed by atoms with van der Waals surface area (Å²) in [5, 5.41) is 7.89. The predicted molar refractivity (Wildman–Crippen MR) is 83.8 cm³/mol. The van der Waals surface area contributed by atoms with Crippen LogP contribution in [0.15, 0.2) is 60.8 Å². The molecule has 0 amide bonds. The summed E-state index contributed by atoms with van der Waals surface area (Å²) in [4.78, 5) is 4.03. The van der Waals surface area contributed by atoms with Gasteiger partial charge in [-0.25, -0.2) is 10.8 Å². The number of nitrogen functional groups attached to an aromatic ring is 1. The van der Waals surface area contributed by atoms with Gasteiger partial charge in [-0.1, -0.05) is 30.3 Å². The summed E-state index contributed by atoms with van der Waals surface area (Å²) in [6.45, 7) is 0.540. The van der Waals surface area contributed by atoms with Crippen molar-refractivity contribution in [2.45, 2.75) is 6.61 Å². The molecule has 22 heavy (non-hydrogen) atoms. The molecular weight excluding hydrogens is 278 g/mol. The molecule has 1 heterocycles. The molecule has 6 nitrogen and oxygen atoms in total. The first kappa shape index (κ1) is 14.0. The van der Waals surface area contributed by atoms with E-state index in [1.807, 2.05) is 54.6 Å². The summed E-state index contributed by atoms with van der Waals surface area (Å²) in [6.07, 6.45) is 1.61. The largest absolute Gasteiger partial charge is 0.489 e. The summed E-state index contributed by atoms with van der Waals surface area (Å²) in [5.74, 6) is 6.29. The van der Waals surface area contributed by atoms with Crippen LogP contribution in [0, 0.1) is 0 Å². The highest BCUT2D eigenvalue weighted by atomic mass is 16.5. The van der Waals surface area contributed by atoms with Gasteiger partial charge in [0.25, 0.3) is 5.95 Å². The molecule has 0 saturated heterocycles. The summed E-state index contributed by atoms with van der Waals surface area (Å²) < 4.78 is 5.74. The Morgan fingerprint density at radius 3 is 2.36 bits per heavy atom. The average molecular weight is 293 g/mol. The van der Waals surface area contributed by atoms with E-state index >= 15 is 0 Å². The number of nitrogens with one attached hydrogen (secondary N) is 1. The van der Waals surface area contributed by atoms with Gasteiger partial charge < -0.3 is 4.74 Å².